The van der Waals surface area contributed by atoms with E-state index in [2.05, 4.69) is 9.88 Å². The van der Waals surface area contributed by atoms with Gasteiger partial charge in [0.25, 0.3) is 5.91 Å². The Kier molecular flexibility index (Phi) is 6.43. The predicted molar refractivity (Wildman–Crippen MR) is 117 cm³/mol. The summed E-state index contributed by atoms with van der Waals surface area (Å²) in [6, 6.07) is 13.8. The molecule has 2 amide bonds. The summed E-state index contributed by atoms with van der Waals surface area (Å²) >= 11 is 0. The molecule has 0 N–H and O–H groups in total. The number of aryl methyl sites for hydroxylation is 1. The number of aromatic nitrogens is 1. The van der Waals surface area contributed by atoms with Crippen molar-refractivity contribution in [2.24, 2.45) is 0 Å². The molecule has 0 aliphatic carbocycles. The zero-order valence-electron chi connectivity index (χ0n) is 17.7. The number of pyridine rings is 1. The summed E-state index contributed by atoms with van der Waals surface area (Å²) < 4.78 is 0. The van der Waals surface area contributed by atoms with Crippen molar-refractivity contribution in [2.75, 3.05) is 45.8 Å². The third-order valence-corrected chi connectivity index (χ3v) is 6.11. The highest BCUT2D eigenvalue weighted by molar-refractivity contribution is 5.95. The molecule has 0 unspecified atom stereocenters. The molecule has 2 fully saturated rings. The quantitative estimate of drug-likeness (QED) is 0.784. The molecular formula is C24H30N4O2. The lowest BCUT2D eigenvalue weighted by Gasteiger charge is -2.36. The van der Waals surface area contributed by atoms with Crippen LogP contribution >= 0.6 is 0 Å². The minimum absolute atomic E-state index is 0.0293. The van der Waals surface area contributed by atoms with Crippen LogP contribution in [0.5, 0.6) is 0 Å². The molecule has 2 aliphatic rings. The minimum atomic E-state index is 0.0293. The molecule has 6 heteroatoms. The maximum Gasteiger partial charge on any atom is 0.255 e. The number of nitrogens with zero attached hydrogens (tertiary/aromatic N) is 4. The van der Waals surface area contributed by atoms with Crippen LogP contribution in [-0.4, -0.2) is 77.3 Å². The van der Waals surface area contributed by atoms with Gasteiger partial charge in [-0.15, -0.1) is 0 Å². The average molecular weight is 407 g/mol. The summed E-state index contributed by atoms with van der Waals surface area (Å²) in [6.07, 6.45) is 3.46. The second kappa shape index (κ2) is 9.39. The van der Waals surface area contributed by atoms with Gasteiger partial charge in [0.2, 0.25) is 5.91 Å². The molecule has 0 bridgehead atoms. The summed E-state index contributed by atoms with van der Waals surface area (Å²) in [5.74, 6) is 0.257. The predicted octanol–water partition coefficient (Wildman–Crippen LogP) is 2.83. The molecule has 158 valence electrons. The summed E-state index contributed by atoms with van der Waals surface area (Å²) in [6.45, 7) is 6.91. The van der Waals surface area contributed by atoms with Gasteiger partial charge in [-0.3, -0.25) is 19.5 Å². The fourth-order valence-corrected chi connectivity index (χ4v) is 4.27. The van der Waals surface area contributed by atoms with Gasteiger partial charge in [0.05, 0.1) is 23.5 Å². The first-order chi connectivity index (χ1) is 14.6. The van der Waals surface area contributed by atoms with Gasteiger partial charge < -0.3 is 9.80 Å². The Bertz CT molecular complexity index is 885. The summed E-state index contributed by atoms with van der Waals surface area (Å²) in [7, 11) is 0. The molecule has 0 atom stereocenters. The number of hydrogen-bond acceptors (Lipinski definition) is 4. The van der Waals surface area contributed by atoms with Crippen LogP contribution in [0.25, 0.3) is 11.3 Å². The van der Waals surface area contributed by atoms with Crippen LogP contribution in [0, 0.1) is 6.92 Å². The number of amides is 2. The standard InChI is InChI=1S/C24H30N4O2/c1-19-21(10-11-22(25-19)20-8-4-2-5-9-20)24(30)28-16-14-26(15-17-28)18-23(29)27-12-6-3-7-13-27/h2,4-5,8-11H,3,6-7,12-18H2,1H3. The van der Waals surface area contributed by atoms with Crippen molar-refractivity contribution in [3.8, 4) is 11.3 Å². The summed E-state index contributed by atoms with van der Waals surface area (Å²) in [4.78, 5) is 36.2. The first kappa shape index (κ1) is 20.5. The van der Waals surface area contributed by atoms with Crippen LogP contribution in [0.2, 0.25) is 0 Å². The molecule has 6 nitrogen and oxygen atoms in total. The van der Waals surface area contributed by atoms with Crippen molar-refractivity contribution in [1.29, 1.82) is 0 Å². The smallest absolute Gasteiger partial charge is 0.255 e. The maximum atomic E-state index is 13.0. The van der Waals surface area contributed by atoms with Crippen molar-refractivity contribution in [3.63, 3.8) is 0 Å². The lowest BCUT2D eigenvalue weighted by atomic mass is 10.1. The highest BCUT2D eigenvalue weighted by Gasteiger charge is 2.26. The van der Waals surface area contributed by atoms with Gasteiger partial charge in [-0.05, 0) is 38.3 Å². The number of hydrogen-bond donors (Lipinski definition) is 0. The largest absolute Gasteiger partial charge is 0.342 e. The summed E-state index contributed by atoms with van der Waals surface area (Å²) in [5.41, 5.74) is 3.34. The van der Waals surface area contributed by atoms with Gasteiger partial charge in [0, 0.05) is 44.8 Å². The van der Waals surface area contributed by atoms with E-state index >= 15 is 0 Å². The van der Waals surface area contributed by atoms with E-state index in [1.807, 2.05) is 59.2 Å². The van der Waals surface area contributed by atoms with Gasteiger partial charge in [0.1, 0.15) is 0 Å². The van der Waals surface area contributed by atoms with Gasteiger partial charge in [-0.2, -0.15) is 0 Å². The monoisotopic (exact) mass is 406 g/mol. The maximum absolute atomic E-state index is 13.0. The minimum Gasteiger partial charge on any atom is -0.342 e. The molecule has 4 rings (SSSR count). The van der Waals surface area contributed by atoms with Crippen molar-refractivity contribution in [2.45, 2.75) is 26.2 Å². The van der Waals surface area contributed by atoms with Gasteiger partial charge in [-0.1, -0.05) is 30.3 Å². The van der Waals surface area contributed by atoms with Crippen LogP contribution in [0.1, 0.15) is 35.3 Å². The highest BCUT2D eigenvalue weighted by Crippen LogP contribution is 2.20. The molecule has 1 aromatic heterocycles. The second-order valence-corrected chi connectivity index (χ2v) is 8.21. The van der Waals surface area contributed by atoms with E-state index in [-0.39, 0.29) is 11.8 Å². The zero-order valence-corrected chi connectivity index (χ0v) is 17.7. The number of piperazine rings is 1. The Morgan fingerprint density at radius 2 is 1.53 bits per heavy atom. The van der Waals surface area contributed by atoms with Crippen LogP contribution in [0.15, 0.2) is 42.5 Å². The van der Waals surface area contributed by atoms with E-state index in [1.165, 1.54) is 6.42 Å². The van der Waals surface area contributed by atoms with E-state index in [1.54, 1.807) is 0 Å². The van der Waals surface area contributed by atoms with Crippen molar-refractivity contribution < 1.29 is 9.59 Å². The van der Waals surface area contributed by atoms with Crippen LogP contribution in [-0.2, 0) is 4.79 Å². The van der Waals surface area contributed by atoms with Crippen LogP contribution in [0.4, 0.5) is 0 Å². The fourth-order valence-electron chi connectivity index (χ4n) is 4.27. The third-order valence-electron chi connectivity index (χ3n) is 6.11. The summed E-state index contributed by atoms with van der Waals surface area (Å²) in [5, 5.41) is 0. The Morgan fingerprint density at radius 3 is 2.20 bits per heavy atom. The molecule has 2 aromatic rings. The zero-order chi connectivity index (χ0) is 20.9. The van der Waals surface area contributed by atoms with Crippen molar-refractivity contribution >= 4 is 11.8 Å². The Balaban J connectivity index is 1.33. The molecule has 1 aromatic carbocycles. The first-order valence-corrected chi connectivity index (χ1v) is 10.9. The van der Waals surface area contributed by atoms with Crippen molar-refractivity contribution in [1.82, 2.24) is 19.7 Å². The second-order valence-electron chi connectivity index (χ2n) is 8.21. The van der Waals surface area contributed by atoms with E-state index in [0.29, 0.717) is 25.2 Å². The number of rotatable bonds is 4. The number of carbonyl (C=O) groups is 2. The van der Waals surface area contributed by atoms with E-state index < -0.39 is 0 Å². The SMILES string of the molecule is Cc1nc(-c2ccccc2)ccc1C(=O)N1CCN(CC(=O)N2CCCCC2)CC1. The highest BCUT2D eigenvalue weighted by atomic mass is 16.2. The van der Waals surface area contributed by atoms with Crippen molar-refractivity contribution in [3.05, 3.63) is 53.7 Å². The number of likely N-dealkylation sites (tertiary alicyclic amines) is 1. The normalized spacial score (nSPS) is 17.8. The Hall–Kier alpha value is -2.73. The molecule has 2 saturated heterocycles. The topological polar surface area (TPSA) is 56.8 Å². The molecule has 0 radical (unpaired) electrons. The lowest BCUT2D eigenvalue weighted by Crippen LogP contribution is -2.52. The van der Waals surface area contributed by atoms with Gasteiger partial charge in [-0.25, -0.2) is 0 Å². The molecule has 30 heavy (non-hydrogen) atoms. The average Bonchev–Trinajstić information content (AvgIpc) is 2.80. The Morgan fingerprint density at radius 1 is 0.833 bits per heavy atom. The van der Waals surface area contributed by atoms with E-state index in [4.69, 9.17) is 0 Å². The molecular weight excluding hydrogens is 376 g/mol. The molecule has 0 saturated carbocycles. The fraction of sp³-hybridized carbons (Fsp3) is 0.458. The number of benzene rings is 1. The van der Waals surface area contributed by atoms with Gasteiger partial charge >= 0.3 is 0 Å². The number of piperidine rings is 1. The van der Waals surface area contributed by atoms with Crippen LogP contribution in [0.3, 0.4) is 0 Å². The lowest BCUT2D eigenvalue weighted by molar-refractivity contribution is -0.133. The van der Waals surface area contributed by atoms with E-state index in [0.717, 1.165) is 56.0 Å². The van der Waals surface area contributed by atoms with E-state index in [9.17, 15) is 9.59 Å². The third kappa shape index (κ3) is 4.70. The van der Waals surface area contributed by atoms with Gasteiger partial charge in [0.15, 0.2) is 0 Å². The molecule has 2 aliphatic heterocycles. The molecule has 3 heterocycles. The Labute approximate surface area is 178 Å². The molecule has 0 spiro atoms. The number of carbonyl (C=O) groups excluding carboxylic acids is 2. The first-order valence-electron chi connectivity index (χ1n) is 10.9. The van der Waals surface area contributed by atoms with Crippen LogP contribution < -0.4 is 0 Å².